The Morgan fingerprint density at radius 1 is 0.903 bits per heavy atom. The smallest absolute Gasteiger partial charge is 0.197 e. The molecule has 3 aromatic rings. The van der Waals surface area contributed by atoms with Gasteiger partial charge in [-0.3, -0.25) is 4.79 Å². The zero-order valence-corrected chi connectivity index (χ0v) is 18.8. The molecule has 0 radical (unpaired) electrons. The summed E-state index contributed by atoms with van der Waals surface area (Å²) in [5, 5.41) is 2.23. The minimum Gasteiger partial charge on any atom is -0.495 e. The van der Waals surface area contributed by atoms with Crippen molar-refractivity contribution < 1.29 is 9.53 Å². The van der Waals surface area contributed by atoms with E-state index in [1.165, 1.54) is 34.1 Å². The van der Waals surface area contributed by atoms with Crippen LogP contribution in [0.4, 0.5) is 0 Å². The second kappa shape index (κ2) is 7.53. The van der Waals surface area contributed by atoms with Crippen LogP contribution in [0.5, 0.6) is 5.75 Å². The Morgan fingerprint density at radius 3 is 2.39 bits per heavy atom. The number of aryl methyl sites for hydroxylation is 4. The van der Waals surface area contributed by atoms with Gasteiger partial charge in [-0.2, -0.15) is 0 Å². The van der Waals surface area contributed by atoms with Gasteiger partial charge in [-0.05, 0) is 91.8 Å². The van der Waals surface area contributed by atoms with E-state index in [9.17, 15) is 4.79 Å². The van der Waals surface area contributed by atoms with Crippen molar-refractivity contribution in [1.29, 1.82) is 0 Å². The summed E-state index contributed by atoms with van der Waals surface area (Å²) in [6.45, 7) is 6.09. The van der Waals surface area contributed by atoms with Crippen LogP contribution < -0.4 is 4.74 Å². The Kier molecular flexibility index (Phi) is 4.81. The van der Waals surface area contributed by atoms with Gasteiger partial charge in [0, 0.05) is 10.9 Å². The maximum absolute atomic E-state index is 13.6. The van der Waals surface area contributed by atoms with Crippen molar-refractivity contribution in [2.24, 2.45) is 0 Å². The van der Waals surface area contributed by atoms with E-state index in [1.807, 2.05) is 19.9 Å². The molecule has 0 amide bonds. The van der Waals surface area contributed by atoms with Gasteiger partial charge in [0.2, 0.25) is 0 Å². The van der Waals surface area contributed by atoms with Crippen molar-refractivity contribution in [3.05, 3.63) is 93.1 Å². The van der Waals surface area contributed by atoms with E-state index in [0.29, 0.717) is 11.3 Å². The molecule has 0 fully saturated rings. The predicted molar refractivity (Wildman–Crippen MR) is 128 cm³/mol. The molecule has 0 unspecified atom stereocenters. The van der Waals surface area contributed by atoms with Crippen LogP contribution in [0.1, 0.15) is 63.0 Å². The van der Waals surface area contributed by atoms with E-state index in [4.69, 9.17) is 4.74 Å². The summed E-state index contributed by atoms with van der Waals surface area (Å²) in [5.74, 6) is 0.718. The molecule has 0 aliphatic heterocycles. The number of carbonyl (C=O) groups excluding carboxylic acids is 1. The van der Waals surface area contributed by atoms with E-state index in [2.05, 4.69) is 49.4 Å². The van der Waals surface area contributed by atoms with Crippen LogP contribution in [-0.2, 0) is 6.42 Å². The number of ketones is 1. The van der Waals surface area contributed by atoms with Gasteiger partial charge in [0.1, 0.15) is 5.75 Å². The maximum Gasteiger partial charge on any atom is 0.197 e. The van der Waals surface area contributed by atoms with Gasteiger partial charge in [0.25, 0.3) is 0 Å². The van der Waals surface area contributed by atoms with Crippen LogP contribution in [0.3, 0.4) is 0 Å². The number of allylic oxidation sites excluding steroid dienone is 4. The minimum absolute atomic E-state index is 0.0340. The Balaban J connectivity index is 1.69. The predicted octanol–water partition coefficient (Wildman–Crippen LogP) is 7.05. The summed E-state index contributed by atoms with van der Waals surface area (Å²) < 4.78 is 5.86. The van der Waals surface area contributed by atoms with Crippen molar-refractivity contribution in [2.75, 3.05) is 7.11 Å². The molecule has 0 spiro atoms. The lowest BCUT2D eigenvalue weighted by Gasteiger charge is -2.26. The summed E-state index contributed by atoms with van der Waals surface area (Å²) in [6.07, 6.45) is 9.07. The third-order valence-corrected chi connectivity index (χ3v) is 6.86. The number of methoxy groups -OCH3 is 1. The van der Waals surface area contributed by atoms with Crippen LogP contribution >= 0.6 is 0 Å². The number of hydrogen-bond acceptors (Lipinski definition) is 2. The molecule has 2 nitrogen and oxygen atoms in total. The molecule has 0 saturated heterocycles. The van der Waals surface area contributed by atoms with Crippen LogP contribution in [0, 0.1) is 20.8 Å². The van der Waals surface area contributed by atoms with Crippen LogP contribution in [0.2, 0.25) is 0 Å². The summed E-state index contributed by atoms with van der Waals surface area (Å²) in [5.41, 5.74) is 10.3. The molecule has 0 aromatic heterocycles. The Hall–Kier alpha value is -3.13. The molecule has 0 saturated carbocycles. The van der Waals surface area contributed by atoms with E-state index in [0.717, 1.165) is 41.3 Å². The van der Waals surface area contributed by atoms with E-state index >= 15 is 0 Å². The molecule has 2 heteroatoms. The number of ether oxygens (including phenoxy) is 1. The lowest BCUT2D eigenvalue weighted by molar-refractivity contribution is 0.103. The summed E-state index contributed by atoms with van der Waals surface area (Å²) in [6, 6.07) is 12.6. The minimum atomic E-state index is 0.0340. The number of rotatable bonds is 3. The largest absolute Gasteiger partial charge is 0.495 e. The van der Waals surface area contributed by atoms with Crippen molar-refractivity contribution in [2.45, 2.75) is 46.5 Å². The highest BCUT2D eigenvalue weighted by atomic mass is 16.5. The SMILES string of the molecule is COc1c(C(=O)c2c(C)cc(C)cc2C)ccc2c3c(ccc12)C1=C(CCC=C1)CC3. The van der Waals surface area contributed by atoms with Crippen molar-refractivity contribution in [3.63, 3.8) is 0 Å². The fraction of sp³-hybridized carbons (Fsp3) is 0.276. The van der Waals surface area contributed by atoms with Crippen molar-refractivity contribution in [1.82, 2.24) is 0 Å². The van der Waals surface area contributed by atoms with Crippen molar-refractivity contribution in [3.8, 4) is 5.75 Å². The highest BCUT2D eigenvalue weighted by Gasteiger charge is 2.24. The Bertz CT molecular complexity index is 1280. The third kappa shape index (κ3) is 3.13. The van der Waals surface area contributed by atoms with Gasteiger partial charge >= 0.3 is 0 Å². The zero-order valence-electron chi connectivity index (χ0n) is 18.8. The molecule has 0 bridgehead atoms. The van der Waals surface area contributed by atoms with Gasteiger partial charge in [-0.25, -0.2) is 0 Å². The first-order chi connectivity index (χ1) is 15.0. The summed E-state index contributed by atoms with van der Waals surface area (Å²) >= 11 is 0. The standard InChI is InChI=1S/C29H28O2/c1-17-15-18(2)27(19(3)16-17)28(30)26-14-12-24-23-10-9-20-7-5-6-8-21(20)22(23)11-13-25(24)29(26)31-4/h6,8,11-16H,5,7,9-10H2,1-4H3. The van der Waals surface area contributed by atoms with Gasteiger partial charge in [0.15, 0.2) is 5.78 Å². The second-order valence-corrected chi connectivity index (χ2v) is 8.89. The average molecular weight is 409 g/mol. The third-order valence-electron chi connectivity index (χ3n) is 6.86. The molecule has 156 valence electrons. The molecule has 2 aliphatic rings. The molecule has 5 rings (SSSR count). The fourth-order valence-electron chi connectivity index (χ4n) is 5.56. The van der Waals surface area contributed by atoms with Crippen LogP contribution in [-0.4, -0.2) is 12.9 Å². The first kappa shape index (κ1) is 19.8. The zero-order chi connectivity index (χ0) is 21.7. The Morgan fingerprint density at radius 2 is 1.65 bits per heavy atom. The van der Waals surface area contributed by atoms with Crippen LogP contribution in [0.25, 0.3) is 16.3 Å². The molecule has 2 aliphatic carbocycles. The summed E-state index contributed by atoms with van der Waals surface area (Å²) in [7, 11) is 1.67. The molecular formula is C29H28O2. The normalized spacial score (nSPS) is 15.1. The van der Waals surface area contributed by atoms with Crippen molar-refractivity contribution >= 4 is 22.1 Å². The first-order valence-electron chi connectivity index (χ1n) is 11.1. The maximum atomic E-state index is 13.6. The number of benzene rings is 3. The van der Waals surface area contributed by atoms with E-state index in [1.54, 1.807) is 12.7 Å². The lowest BCUT2D eigenvalue weighted by atomic mass is 9.79. The number of fused-ring (bicyclic) bond motifs is 4. The molecule has 3 aromatic carbocycles. The first-order valence-corrected chi connectivity index (χ1v) is 11.1. The molecular weight excluding hydrogens is 380 g/mol. The summed E-state index contributed by atoms with van der Waals surface area (Å²) in [4.78, 5) is 13.6. The highest BCUT2D eigenvalue weighted by molar-refractivity contribution is 6.15. The van der Waals surface area contributed by atoms with E-state index < -0.39 is 0 Å². The van der Waals surface area contributed by atoms with Gasteiger partial charge in [-0.1, -0.05) is 47.6 Å². The van der Waals surface area contributed by atoms with Gasteiger partial charge in [-0.15, -0.1) is 0 Å². The molecule has 0 heterocycles. The average Bonchev–Trinajstić information content (AvgIpc) is 2.76. The highest BCUT2D eigenvalue weighted by Crippen LogP contribution is 2.42. The quantitative estimate of drug-likeness (QED) is 0.434. The number of hydrogen-bond donors (Lipinski definition) is 0. The fourth-order valence-corrected chi connectivity index (χ4v) is 5.56. The monoisotopic (exact) mass is 408 g/mol. The molecule has 0 atom stereocenters. The van der Waals surface area contributed by atoms with Gasteiger partial charge in [0.05, 0.1) is 12.7 Å². The molecule has 0 N–H and O–H groups in total. The Labute approximate surface area is 184 Å². The lowest BCUT2D eigenvalue weighted by Crippen LogP contribution is -2.10. The second-order valence-electron chi connectivity index (χ2n) is 8.89. The number of carbonyl (C=O) groups is 1. The van der Waals surface area contributed by atoms with Crippen LogP contribution in [0.15, 0.2) is 54.1 Å². The van der Waals surface area contributed by atoms with E-state index in [-0.39, 0.29) is 5.78 Å². The van der Waals surface area contributed by atoms with Gasteiger partial charge < -0.3 is 4.74 Å². The molecule has 31 heavy (non-hydrogen) atoms. The topological polar surface area (TPSA) is 26.3 Å².